The molecule has 0 saturated heterocycles. The van der Waals surface area contributed by atoms with Crippen LogP contribution in [-0.2, 0) is 16.4 Å². The summed E-state index contributed by atoms with van der Waals surface area (Å²) in [5.74, 6) is -3.90. The minimum atomic E-state index is -4.28. The first-order chi connectivity index (χ1) is 15.2. The van der Waals surface area contributed by atoms with Gasteiger partial charge in [0.2, 0.25) is 5.88 Å². The van der Waals surface area contributed by atoms with Gasteiger partial charge >= 0.3 is 0 Å². The van der Waals surface area contributed by atoms with Gasteiger partial charge in [-0.05, 0) is 42.0 Å². The highest BCUT2D eigenvalue weighted by atomic mass is 35.5. The first-order valence-corrected chi connectivity index (χ1v) is 11.1. The number of benzene rings is 2. The van der Waals surface area contributed by atoms with Crippen molar-refractivity contribution in [3.63, 3.8) is 0 Å². The lowest BCUT2D eigenvalue weighted by atomic mass is 10.0. The number of halogens is 4. The number of fused-ring (bicyclic) bond motifs is 1. The molecule has 0 radical (unpaired) electrons. The molecule has 0 unspecified atom stereocenters. The SMILES string of the molecule is O=C(Cc1cnc2c(c1)N(S(=O)(=O)c1ccc(F)c(F)c1)CCO2)c1c(F)cccc1Cl. The first kappa shape index (κ1) is 22.1. The Hall–Kier alpha value is -3.11. The van der Waals surface area contributed by atoms with E-state index in [1.165, 1.54) is 24.4 Å². The van der Waals surface area contributed by atoms with Gasteiger partial charge in [-0.25, -0.2) is 26.6 Å². The highest BCUT2D eigenvalue weighted by molar-refractivity contribution is 7.92. The Morgan fingerprint density at radius 3 is 2.59 bits per heavy atom. The fourth-order valence-corrected chi connectivity index (χ4v) is 4.99. The number of Topliss-reactive ketones (excluding diaryl/α,β-unsaturated/α-hetero) is 1. The number of sulfonamides is 1. The Kier molecular flexibility index (Phi) is 5.83. The monoisotopic (exact) mass is 482 g/mol. The average Bonchev–Trinajstić information content (AvgIpc) is 2.75. The van der Waals surface area contributed by atoms with Gasteiger partial charge in [0.25, 0.3) is 10.0 Å². The number of pyridine rings is 1. The molecule has 166 valence electrons. The van der Waals surface area contributed by atoms with Crippen LogP contribution in [0.3, 0.4) is 0 Å². The Bertz CT molecular complexity index is 1310. The summed E-state index contributed by atoms with van der Waals surface area (Å²) in [6, 6.07) is 7.47. The van der Waals surface area contributed by atoms with Crippen LogP contribution in [-0.4, -0.2) is 32.3 Å². The second-order valence-corrected chi connectivity index (χ2v) is 9.14. The van der Waals surface area contributed by atoms with Gasteiger partial charge in [0.05, 0.1) is 22.0 Å². The summed E-state index contributed by atoms with van der Waals surface area (Å²) >= 11 is 5.94. The van der Waals surface area contributed by atoms with E-state index in [9.17, 15) is 26.4 Å². The van der Waals surface area contributed by atoms with Gasteiger partial charge in [-0.3, -0.25) is 9.10 Å². The van der Waals surface area contributed by atoms with Crippen molar-refractivity contribution in [1.29, 1.82) is 0 Å². The fourth-order valence-electron chi connectivity index (χ4n) is 3.27. The molecule has 1 aliphatic rings. The van der Waals surface area contributed by atoms with Gasteiger partial charge in [0.15, 0.2) is 17.4 Å². The minimum Gasteiger partial charge on any atom is -0.474 e. The number of ketones is 1. The third-order valence-corrected chi connectivity index (χ3v) is 6.90. The molecule has 6 nitrogen and oxygen atoms in total. The van der Waals surface area contributed by atoms with E-state index in [-0.39, 0.29) is 47.3 Å². The van der Waals surface area contributed by atoms with Crippen LogP contribution < -0.4 is 9.04 Å². The van der Waals surface area contributed by atoms with Crippen molar-refractivity contribution in [2.75, 3.05) is 17.5 Å². The molecule has 2 heterocycles. The lowest BCUT2D eigenvalue weighted by Gasteiger charge is -2.30. The maximum absolute atomic E-state index is 14.1. The summed E-state index contributed by atoms with van der Waals surface area (Å²) < 4.78 is 73.4. The molecule has 1 aliphatic heterocycles. The summed E-state index contributed by atoms with van der Waals surface area (Å²) in [5, 5.41) is -0.0493. The molecule has 4 rings (SSSR count). The summed E-state index contributed by atoms with van der Waals surface area (Å²) in [4.78, 5) is 16.2. The largest absolute Gasteiger partial charge is 0.474 e. The highest BCUT2D eigenvalue weighted by Gasteiger charge is 2.32. The normalized spacial score (nSPS) is 13.4. The van der Waals surface area contributed by atoms with Crippen molar-refractivity contribution >= 4 is 33.1 Å². The zero-order chi connectivity index (χ0) is 23.0. The number of carbonyl (C=O) groups excluding carboxylic acids is 1. The lowest BCUT2D eigenvalue weighted by molar-refractivity contribution is 0.0989. The van der Waals surface area contributed by atoms with Crippen LogP contribution in [0, 0.1) is 17.5 Å². The Labute approximate surface area is 186 Å². The zero-order valence-corrected chi connectivity index (χ0v) is 17.8. The predicted octanol–water partition coefficient (Wildman–Crippen LogP) is 4.17. The van der Waals surface area contributed by atoms with Crippen LogP contribution in [0.15, 0.2) is 53.6 Å². The van der Waals surface area contributed by atoms with Crippen molar-refractivity contribution in [2.24, 2.45) is 0 Å². The Balaban J connectivity index is 1.69. The second-order valence-electron chi connectivity index (χ2n) is 6.87. The van der Waals surface area contributed by atoms with E-state index < -0.39 is 38.2 Å². The van der Waals surface area contributed by atoms with E-state index in [0.717, 1.165) is 22.5 Å². The lowest BCUT2D eigenvalue weighted by Crippen LogP contribution is -2.38. The van der Waals surface area contributed by atoms with Gasteiger partial charge in [-0.2, -0.15) is 0 Å². The molecule has 0 saturated carbocycles. The van der Waals surface area contributed by atoms with Crippen LogP contribution in [0.5, 0.6) is 5.88 Å². The number of rotatable bonds is 5. The maximum Gasteiger partial charge on any atom is 0.264 e. The molecule has 0 aliphatic carbocycles. The molecule has 0 spiro atoms. The summed E-state index contributed by atoms with van der Waals surface area (Å²) in [6.45, 7) is -0.140. The molecule has 0 atom stereocenters. The summed E-state index contributed by atoms with van der Waals surface area (Å²) in [7, 11) is -4.28. The van der Waals surface area contributed by atoms with Crippen molar-refractivity contribution in [2.45, 2.75) is 11.3 Å². The van der Waals surface area contributed by atoms with Gasteiger partial charge in [0.1, 0.15) is 18.1 Å². The average molecular weight is 483 g/mol. The van der Waals surface area contributed by atoms with Crippen LogP contribution in [0.25, 0.3) is 0 Å². The van der Waals surface area contributed by atoms with Crippen molar-refractivity contribution in [3.05, 3.63) is 82.3 Å². The molecule has 0 N–H and O–H groups in total. The number of anilines is 1. The number of aromatic nitrogens is 1. The molecular formula is C21H14ClF3N2O4S. The quantitative estimate of drug-likeness (QED) is 0.510. The Morgan fingerprint density at radius 1 is 1.09 bits per heavy atom. The third kappa shape index (κ3) is 4.03. The van der Waals surface area contributed by atoms with E-state index in [1.807, 2.05) is 0 Å². The van der Waals surface area contributed by atoms with E-state index in [1.54, 1.807) is 0 Å². The molecule has 2 aromatic carbocycles. The van der Waals surface area contributed by atoms with Crippen LogP contribution in [0.2, 0.25) is 5.02 Å². The van der Waals surface area contributed by atoms with Crippen LogP contribution in [0.4, 0.5) is 18.9 Å². The number of hydrogen-bond donors (Lipinski definition) is 0. The Morgan fingerprint density at radius 2 is 1.88 bits per heavy atom. The van der Waals surface area contributed by atoms with Gasteiger partial charge < -0.3 is 4.74 Å². The number of hydrogen-bond acceptors (Lipinski definition) is 5. The molecule has 0 bridgehead atoms. The minimum absolute atomic E-state index is 0.0115. The van der Waals surface area contributed by atoms with Gasteiger partial charge in [-0.1, -0.05) is 17.7 Å². The smallest absolute Gasteiger partial charge is 0.264 e. The number of carbonyl (C=O) groups is 1. The van der Waals surface area contributed by atoms with Gasteiger partial charge in [0, 0.05) is 12.6 Å². The van der Waals surface area contributed by atoms with Crippen molar-refractivity contribution in [3.8, 4) is 5.88 Å². The standard InChI is InChI=1S/C21H14ClF3N2O4S/c22-14-2-1-3-16(24)20(14)19(28)9-12-8-18-21(26-11-12)31-7-6-27(18)32(29,30)13-4-5-15(23)17(25)10-13/h1-5,8,10-11H,6-7,9H2. The van der Waals surface area contributed by atoms with Gasteiger partial charge in [-0.15, -0.1) is 0 Å². The van der Waals surface area contributed by atoms with E-state index >= 15 is 0 Å². The van der Waals surface area contributed by atoms with Crippen LogP contribution >= 0.6 is 11.6 Å². The van der Waals surface area contributed by atoms with Crippen LogP contribution in [0.1, 0.15) is 15.9 Å². The highest BCUT2D eigenvalue weighted by Crippen LogP contribution is 2.35. The van der Waals surface area contributed by atoms with E-state index in [2.05, 4.69) is 4.98 Å². The van der Waals surface area contributed by atoms with E-state index in [4.69, 9.17) is 16.3 Å². The molecule has 0 fully saturated rings. The molecule has 3 aromatic rings. The number of ether oxygens (including phenoxy) is 1. The second kappa shape index (κ2) is 8.44. The van der Waals surface area contributed by atoms with E-state index in [0.29, 0.717) is 6.07 Å². The molecule has 32 heavy (non-hydrogen) atoms. The maximum atomic E-state index is 14.1. The fraction of sp³-hybridized carbons (Fsp3) is 0.143. The molecule has 1 aromatic heterocycles. The van der Waals surface area contributed by atoms with Crippen molar-refractivity contribution in [1.82, 2.24) is 4.98 Å². The first-order valence-electron chi connectivity index (χ1n) is 9.25. The topological polar surface area (TPSA) is 76.6 Å². The predicted molar refractivity (Wildman–Crippen MR) is 110 cm³/mol. The zero-order valence-electron chi connectivity index (χ0n) is 16.2. The molecule has 11 heteroatoms. The molecule has 0 amide bonds. The number of nitrogens with zero attached hydrogens (tertiary/aromatic N) is 2. The van der Waals surface area contributed by atoms with Crippen molar-refractivity contribution < 1.29 is 31.1 Å². The third-order valence-electron chi connectivity index (χ3n) is 4.78. The molecular weight excluding hydrogens is 469 g/mol. The summed E-state index contributed by atoms with van der Waals surface area (Å²) in [6.07, 6.45) is 0.999. The summed E-state index contributed by atoms with van der Waals surface area (Å²) in [5.41, 5.74) is 0.0179.